The van der Waals surface area contributed by atoms with E-state index < -0.39 is 11.8 Å². The summed E-state index contributed by atoms with van der Waals surface area (Å²) in [4.78, 5) is 7.03. The molecule has 0 saturated heterocycles. The van der Waals surface area contributed by atoms with E-state index in [2.05, 4.69) is 9.98 Å². The number of hydrogen-bond acceptors (Lipinski definition) is 6. The van der Waals surface area contributed by atoms with Crippen molar-refractivity contribution >= 4 is 11.8 Å². The van der Waals surface area contributed by atoms with E-state index >= 15 is 0 Å². The van der Waals surface area contributed by atoms with E-state index in [4.69, 9.17) is 11.5 Å². The zero-order valence-corrected chi connectivity index (χ0v) is 8.64. The molecule has 0 aromatic heterocycles. The molecule has 0 aromatic rings. The van der Waals surface area contributed by atoms with Crippen LogP contribution >= 0.6 is 0 Å². The molecule has 0 aliphatic rings. The number of nitrogens with two attached hydrogens (primary N) is 2. The van der Waals surface area contributed by atoms with Gasteiger partial charge in [0.1, 0.15) is 0 Å². The van der Waals surface area contributed by atoms with Crippen LogP contribution in [-0.4, -0.2) is 38.0 Å². The van der Waals surface area contributed by atoms with Gasteiger partial charge in [0, 0.05) is 19.5 Å². The molecule has 85 valence electrons. The summed E-state index contributed by atoms with van der Waals surface area (Å²) >= 11 is 0. The van der Waals surface area contributed by atoms with Gasteiger partial charge in [0.05, 0.1) is 13.1 Å². The molecule has 0 rings (SSSR count). The number of hydrogen-bond donors (Lipinski definition) is 2. The third-order valence-corrected chi connectivity index (χ3v) is 1.14. The van der Waals surface area contributed by atoms with Gasteiger partial charge >= 0.3 is 17.1 Å². The van der Waals surface area contributed by atoms with Gasteiger partial charge in [-0.1, -0.05) is 0 Å². The van der Waals surface area contributed by atoms with Crippen molar-refractivity contribution in [1.29, 1.82) is 0 Å². The average Bonchev–Trinajstić information content (AvgIpc) is 2.11. The molecule has 0 aliphatic carbocycles. The number of rotatable bonds is 6. The predicted molar refractivity (Wildman–Crippen MR) is 47.3 cm³/mol. The Morgan fingerprint density at radius 2 is 1.29 bits per heavy atom. The van der Waals surface area contributed by atoms with Crippen LogP contribution in [0.1, 0.15) is 6.42 Å². The van der Waals surface area contributed by atoms with Gasteiger partial charge in [-0.3, -0.25) is 0 Å². The maximum Gasteiger partial charge on any atom is 2.00 e. The van der Waals surface area contributed by atoms with Gasteiger partial charge in [0.2, 0.25) is 0 Å². The van der Waals surface area contributed by atoms with Crippen LogP contribution in [0.4, 0.5) is 0 Å². The van der Waals surface area contributed by atoms with Crippen molar-refractivity contribution in [2.45, 2.75) is 6.42 Å². The van der Waals surface area contributed by atoms with E-state index in [0.29, 0.717) is 13.1 Å². The molecule has 0 aliphatic heterocycles. The van der Waals surface area contributed by atoms with Crippen molar-refractivity contribution in [1.82, 2.24) is 0 Å². The maximum atomic E-state index is 10.8. The third kappa shape index (κ3) is 9.47. The molecule has 0 atom stereocenters. The molecule has 6 nitrogen and oxygen atoms in total. The van der Waals surface area contributed by atoms with Crippen molar-refractivity contribution in [3.8, 4) is 0 Å². The minimum absolute atomic E-state index is 0. The van der Waals surface area contributed by atoms with Crippen LogP contribution in [0.3, 0.4) is 0 Å². The molecule has 0 unspecified atom stereocenters. The Morgan fingerprint density at radius 3 is 1.57 bits per heavy atom. The summed E-state index contributed by atoms with van der Waals surface area (Å²) in [6.45, 7) is 1.12. The van der Waals surface area contributed by atoms with Crippen molar-refractivity contribution in [3.63, 3.8) is 0 Å². The summed E-state index contributed by atoms with van der Waals surface area (Å²) in [7, 11) is 0. The maximum absolute atomic E-state index is 10.8. The molecule has 0 spiro atoms. The van der Waals surface area contributed by atoms with Gasteiger partial charge in [0.25, 0.3) is 0 Å². The Kier molecular flexibility index (Phi) is 11.8. The van der Waals surface area contributed by atoms with Crippen molar-refractivity contribution in [2.24, 2.45) is 21.5 Å². The molecule has 0 amide bonds. The molecule has 1 radical (unpaired) electrons. The van der Waals surface area contributed by atoms with Crippen LogP contribution in [0, 0.1) is 0 Å². The first kappa shape index (κ1) is 15.8. The molecule has 0 heterocycles. The molecule has 14 heavy (non-hydrogen) atoms. The summed E-state index contributed by atoms with van der Waals surface area (Å²) in [5.41, 5.74) is 10.2. The zero-order chi connectivity index (χ0) is 10.1. The minimum Gasteiger partial charge on any atom is -0.862 e. The summed E-state index contributed by atoms with van der Waals surface area (Å²) in [5.74, 6) is -0.951. The van der Waals surface area contributed by atoms with E-state index in [9.17, 15) is 10.2 Å². The smallest absolute Gasteiger partial charge is 0.862 e. The fraction of sp³-hybridized carbons (Fsp3) is 0.714. The predicted octanol–water partition coefficient (Wildman–Crippen LogP) is -3.19. The van der Waals surface area contributed by atoms with Crippen LogP contribution in [0.5, 0.6) is 0 Å². The minimum atomic E-state index is -0.476. The second-order valence-electron chi connectivity index (χ2n) is 2.31. The molecular weight excluding hydrogens is 236 g/mol. The van der Waals surface area contributed by atoms with E-state index in [1.807, 2.05) is 0 Å². The first-order valence-corrected chi connectivity index (χ1v) is 4.01. The van der Waals surface area contributed by atoms with Gasteiger partial charge in [-0.15, -0.1) is 0 Å². The van der Waals surface area contributed by atoms with Crippen LogP contribution in [0.2, 0.25) is 0 Å². The first-order chi connectivity index (χ1) is 6.20. The number of nitrogens with zero attached hydrogens (tertiary/aromatic N) is 2. The van der Waals surface area contributed by atoms with Crippen LogP contribution in [0.25, 0.3) is 0 Å². The van der Waals surface area contributed by atoms with E-state index in [1.54, 1.807) is 0 Å². The SMILES string of the molecule is NCCN=C([O-])CC([O-])=NCCN.[Cu+2]. The second kappa shape index (κ2) is 10.5. The standard InChI is InChI=1S/C7H16N4O2.Cu/c8-1-3-10-6(12)5-7(13)11-4-2-9;/h1-5,8-9H2,(H,10,12)(H,11,13);/q;+2/p-2. The topological polar surface area (TPSA) is 123 Å². The fourth-order valence-corrected chi connectivity index (χ4v) is 0.620. The fourth-order valence-electron chi connectivity index (χ4n) is 0.620. The Morgan fingerprint density at radius 1 is 0.929 bits per heavy atom. The summed E-state index contributed by atoms with van der Waals surface area (Å²) in [6, 6.07) is 0. The first-order valence-electron chi connectivity index (χ1n) is 4.01. The van der Waals surface area contributed by atoms with E-state index in [-0.39, 0.29) is 36.6 Å². The van der Waals surface area contributed by atoms with E-state index in [0.717, 1.165) is 0 Å². The molecule has 0 saturated carbocycles. The Hall–Kier alpha value is -0.621. The van der Waals surface area contributed by atoms with Gasteiger partial charge in [-0.2, -0.15) is 0 Å². The van der Waals surface area contributed by atoms with Crippen molar-refractivity contribution in [3.05, 3.63) is 0 Å². The third-order valence-electron chi connectivity index (χ3n) is 1.14. The summed E-state index contributed by atoms with van der Waals surface area (Å²) < 4.78 is 0. The van der Waals surface area contributed by atoms with Crippen LogP contribution in [-0.2, 0) is 17.1 Å². The van der Waals surface area contributed by atoms with Crippen LogP contribution < -0.4 is 21.7 Å². The van der Waals surface area contributed by atoms with Crippen molar-refractivity contribution in [2.75, 3.05) is 26.2 Å². The van der Waals surface area contributed by atoms with Gasteiger partial charge < -0.3 is 31.7 Å². The molecule has 0 bridgehead atoms. The molecule has 0 fully saturated rings. The monoisotopic (exact) mass is 249 g/mol. The van der Waals surface area contributed by atoms with E-state index in [1.165, 1.54) is 0 Å². The quantitative estimate of drug-likeness (QED) is 0.292. The normalized spacial score (nSPS) is 12.4. The van der Waals surface area contributed by atoms with Gasteiger partial charge in [0.15, 0.2) is 0 Å². The van der Waals surface area contributed by atoms with Crippen molar-refractivity contribution < 1.29 is 27.3 Å². The Labute approximate surface area is 93.6 Å². The molecule has 7 heteroatoms. The zero-order valence-electron chi connectivity index (χ0n) is 7.70. The summed E-state index contributed by atoms with van der Waals surface area (Å²) in [5, 5.41) is 21.7. The molecule has 4 N–H and O–H groups in total. The average molecular weight is 250 g/mol. The summed E-state index contributed by atoms with van der Waals surface area (Å²) in [6.07, 6.45) is -0.278. The number of aliphatic imine (C=N–C) groups is 2. The largest absolute Gasteiger partial charge is 2.00 e. The van der Waals surface area contributed by atoms with Gasteiger partial charge in [-0.25, -0.2) is 0 Å². The Balaban J connectivity index is 0. The Bertz CT molecular complexity index is 176. The van der Waals surface area contributed by atoms with Crippen LogP contribution in [0.15, 0.2) is 9.98 Å². The second-order valence-corrected chi connectivity index (χ2v) is 2.31. The molecule has 0 aromatic carbocycles. The van der Waals surface area contributed by atoms with Gasteiger partial charge in [-0.05, 0) is 11.8 Å². The molecular formula is C7H14CuN4O2.